The van der Waals surface area contributed by atoms with Gasteiger partial charge < -0.3 is 15.5 Å². The second kappa shape index (κ2) is 8.04. The van der Waals surface area contributed by atoms with Crippen LogP contribution in [0.4, 0.5) is 0 Å². The number of aromatic hydroxyl groups is 2. The first-order valence-corrected chi connectivity index (χ1v) is 7.56. The molecule has 0 spiro atoms. The number of hydrogen-bond acceptors (Lipinski definition) is 3. The fourth-order valence-electron chi connectivity index (χ4n) is 1.95. The van der Waals surface area contributed by atoms with E-state index < -0.39 is 0 Å². The van der Waals surface area contributed by atoms with Gasteiger partial charge in [0.25, 0.3) is 5.91 Å². The molecule has 0 aliphatic heterocycles. The maximum atomic E-state index is 11.9. The van der Waals surface area contributed by atoms with E-state index in [-0.39, 0.29) is 23.0 Å². The van der Waals surface area contributed by atoms with Crippen molar-refractivity contribution in [3.05, 3.63) is 23.8 Å². The molecule has 0 aromatic heterocycles. The lowest BCUT2D eigenvalue weighted by atomic mass is 10.0. The number of rotatable bonds is 7. The molecule has 0 bridgehead atoms. The summed E-state index contributed by atoms with van der Waals surface area (Å²) >= 11 is 3.41. The molecule has 0 aliphatic carbocycles. The van der Waals surface area contributed by atoms with E-state index in [4.69, 9.17) is 0 Å². The minimum Gasteiger partial charge on any atom is -0.508 e. The van der Waals surface area contributed by atoms with E-state index in [1.54, 1.807) is 0 Å². The minimum absolute atomic E-state index is 0.0338. The van der Waals surface area contributed by atoms with E-state index in [9.17, 15) is 15.0 Å². The average molecular weight is 330 g/mol. The summed E-state index contributed by atoms with van der Waals surface area (Å²) in [6.45, 7) is 2.69. The molecule has 3 N–H and O–H groups in total. The van der Waals surface area contributed by atoms with E-state index >= 15 is 0 Å². The lowest BCUT2D eigenvalue weighted by Crippen LogP contribution is -2.29. The molecule has 106 valence electrons. The third kappa shape index (κ3) is 5.11. The minimum atomic E-state index is -0.357. The molecule has 1 aromatic rings. The van der Waals surface area contributed by atoms with Gasteiger partial charge in [0.2, 0.25) is 0 Å². The number of hydrogen-bond donors (Lipinski definition) is 3. The standard InChI is InChI=1S/C14H20BrNO3/c1-2-3-10(6-7-15)9-16-14(19)12-8-11(17)4-5-13(12)18/h4-5,8,10,17-18H,2-3,6-7,9H2,1H3,(H,16,19). The Morgan fingerprint density at radius 3 is 2.74 bits per heavy atom. The molecule has 1 rings (SSSR count). The van der Waals surface area contributed by atoms with Crippen molar-refractivity contribution < 1.29 is 15.0 Å². The van der Waals surface area contributed by atoms with Crippen molar-refractivity contribution in [3.63, 3.8) is 0 Å². The van der Waals surface area contributed by atoms with Gasteiger partial charge in [0.15, 0.2) is 0 Å². The third-order valence-electron chi connectivity index (χ3n) is 2.99. The molecule has 1 amide bonds. The summed E-state index contributed by atoms with van der Waals surface area (Å²) in [5.74, 6) is -0.0896. The topological polar surface area (TPSA) is 69.6 Å². The molecule has 19 heavy (non-hydrogen) atoms. The van der Waals surface area contributed by atoms with Crippen molar-refractivity contribution in [2.75, 3.05) is 11.9 Å². The molecular formula is C14H20BrNO3. The van der Waals surface area contributed by atoms with Crippen LogP contribution in [0.5, 0.6) is 11.5 Å². The van der Waals surface area contributed by atoms with Crippen LogP contribution < -0.4 is 5.32 Å². The molecule has 1 aromatic carbocycles. The number of carbonyl (C=O) groups excluding carboxylic acids is 1. The normalized spacial score (nSPS) is 12.1. The van der Waals surface area contributed by atoms with Crippen LogP contribution in [-0.2, 0) is 0 Å². The zero-order chi connectivity index (χ0) is 14.3. The number of alkyl halides is 1. The zero-order valence-electron chi connectivity index (χ0n) is 11.0. The SMILES string of the molecule is CCCC(CCBr)CNC(=O)c1cc(O)ccc1O. The summed E-state index contributed by atoms with van der Waals surface area (Å²) in [5.41, 5.74) is 0.106. The highest BCUT2D eigenvalue weighted by atomic mass is 79.9. The van der Waals surface area contributed by atoms with Crippen LogP contribution in [0.15, 0.2) is 18.2 Å². The van der Waals surface area contributed by atoms with E-state index in [0.717, 1.165) is 24.6 Å². The highest BCUT2D eigenvalue weighted by molar-refractivity contribution is 9.09. The van der Waals surface area contributed by atoms with Crippen LogP contribution in [0.25, 0.3) is 0 Å². The number of nitrogens with one attached hydrogen (secondary N) is 1. The quantitative estimate of drug-likeness (QED) is 0.532. The number of phenols is 2. The average Bonchev–Trinajstić information content (AvgIpc) is 2.39. The summed E-state index contributed by atoms with van der Waals surface area (Å²) in [6.07, 6.45) is 3.13. The van der Waals surface area contributed by atoms with Crippen molar-refractivity contribution in [1.82, 2.24) is 5.32 Å². The molecule has 1 unspecified atom stereocenters. The highest BCUT2D eigenvalue weighted by Crippen LogP contribution is 2.22. The molecule has 0 saturated heterocycles. The van der Waals surface area contributed by atoms with Crippen molar-refractivity contribution in [3.8, 4) is 11.5 Å². The Balaban J connectivity index is 2.61. The summed E-state index contributed by atoms with van der Waals surface area (Å²) in [7, 11) is 0. The smallest absolute Gasteiger partial charge is 0.255 e. The first-order valence-electron chi connectivity index (χ1n) is 6.44. The Morgan fingerprint density at radius 1 is 1.37 bits per heavy atom. The van der Waals surface area contributed by atoms with Gasteiger partial charge >= 0.3 is 0 Å². The van der Waals surface area contributed by atoms with Gasteiger partial charge in [0.1, 0.15) is 11.5 Å². The molecule has 0 aliphatic rings. The molecule has 0 saturated carbocycles. The van der Waals surface area contributed by atoms with Crippen LogP contribution in [0.3, 0.4) is 0 Å². The van der Waals surface area contributed by atoms with Crippen LogP contribution in [0, 0.1) is 5.92 Å². The number of amides is 1. The Labute approximate surface area is 122 Å². The highest BCUT2D eigenvalue weighted by Gasteiger charge is 2.14. The van der Waals surface area contributed by atoms with E-state index in [1.165, 1.54) is 18.2 Å². The maximum absolute atomic E-state index is 11.9. The number of halogens is 1. The predicted octanol–water partition coefficient (Wildman–Crippen LogP) is 3.03. The molecule has 0 radical (unpaired) electrons. The molecule has 5 heteroatoms. The first-order chi connectivity index (χ1) is 9.08. The van der Waals surface area contributed by atoms with E-state index in [1.807, 2.05) is 0 Å². The zero-order valence-corrected chi connectivity index (χ0v) is 12.6. The lowest BCUT2D eigenvalue weighted by Gasteiger charge is -2.16. The summed E-state index contributed by atoms with van der Waals surface area (Å²) in [5, 5.41) is 22.6. The Bertz CT molecular complexity index is 417. The first kappa shape index (κ1) is 15.8. The largest absolute Gasteiger partial charge is 0.508 e. The van der Waals surface area contributed by atoms with E-state index in [0.29, 0.717) is 12.5 Å². The van der Waals surface area contributed by atoms with Gasteiger partial charge in [-0.25, -0.2) is 0 Å². The van der Waals surface area contributed by atoms with Gasteiger partial charge in [-0.2, -0.15) is 0 Å². The van der Waals surface area contributed by atoms with Crippen molar-refractivity contribution in [2.24, 2.45) is 5.92 Å². The summed E-state index contributed by atoms with van der Waals surface area (Å²) in [4.78, 5) is 11.9. The summed E-state index contributed by atoms with van der Waals surface area (Å²) < 4.78 is 0. The van der Waals surface area contributed by atoms with Gasteiger partial charge in [-0.15, -0.1) is 0 Å². The molecule has 0 heterocycles. The van der Waals surface area contributed by atoms with Crippen LogP contribution >= 0.6 is 15.9 Å². The number of carbonyl (C=O) groups is 1. The second-order valence-corrected chi connectivity index (χ2v) is 5.34. The van der Waals surface area contributed by atoms with E-state index in [2.05, 4.69) is 28.2 Å². The predicted molar refractivity (Wildman–Crippen MR) is 78.9 cm³/mol. The lowest BCUT2D eigenvalue weighted by molar-refractivity contribution is 0.0943. The van der Waals surface area contributed by atoms with Gasteiger partial charge in [-0.1, -0.05) is 29.3 Å². The molecule has 1 atom stereocenters. The monoisotopic (exact) mass is 329 g/mol. The summed E-state index contributed by atoms with van der Waals surface area (Å²) in [6, 6.07) is 3.92. The fraction of sp³-hybridized carbons (Fsp3) is 0.500. The molecular weight excluding hydrogens is 310 g/mol. The maximum Gasteiger partial charge on any atom is 0.255 e. The van der Waals surface area contributed by atoms with Crippen LogP contribution in [0.2, 0.25) is 0 Å². The van der Waals surface area contributed by atoms with Crippen LogP contribution in [0.1, 0.15) is 36.5 Å². The van der Waals surface area contributed by atoms with Gasteiger partial charge in [0.05, 0.1) is 5.56 Å². The van der Waals surface area contributed by atoms with Crippen molar-refractivity contribution in [1.29, 1.82) is 0 Å². The Morgan fingerprint density at radius 2 is 2.11 bits per heavy atom. The van der Waals surface area contributed by atoms with Crippen LogP contribution in [-0.4, -0.2) is 28.0 Å². The second-order valence-electron chi connectivity index (χ2n) is 4.54. The molecule has 0 fully saturated rings. The van der Waals surface area contributed by atoms with Gasteiger partial charge in [-0.3, -0.25) is 4.79 Å². The Kier molecular flexibility index (Phi) is 6.70. The number of benzene rings is 1. The van der Waals surface area contributed by atoms with Gasteiger partial charge in [-0.05, 0) is 37.0 Å². The van der Waals surface area contributed by atoms with Crippen molar-refractivity contribution >= 4 is 21.8 Å². The third-order valence-corrected chi connectivity index (χ3v) is 3.45. The van der Waals surface area contributed by atoms with Crippen molar-refractivity contribution in [2.45, 2.75) is 26.2 Å². The van der Waals surface area contributed by atoms with Gasteiger partial charge in [0, 0.05) is 11.9 Å². The molecule has 4 nitrogen and oxygen atoms in total. The Hall–Kier alpha value is -1.23. The number of phenolic OH excluding ortho intramolecular Hbond substituents is 2. The fourth-order valence-corrected chi connectivity index (χ4v) is 2.60.